The number of halogens is 1. The number of esters is 1. The van der Waals surface area contributed by atoms with Gasteiger partial charge in [-0.2, -0.15) is 0 Å². The van der Waals surface area contributed by atoms with Gasteiger partial charge in [-0.25, -0.2) is 9.18 Å². The van der Waals surface area contributed by atoms with E-state index in [9.17, 15) is 14.0 Å². The van der Waals surface area contributed by atoms with Crippen LogP contribution in [0, 0.1) is 12.7 Å². The van der Waals surface area contributed by atoms with E-state index in [4.69, 9.17) is 4.42 Å². The Morgan fingerprint density at radius 3 is 2.79 bits per heavy atom. The molecule has 0 bridgehead atoms. The topological polar surface area (TPSA) is 94.3 Å². The lowest BCUT2D eigenvalue weighted by molar-refractivity contribution is -0.113. The first-order valence-electron chi connectivity index (χ1n) is 8.17. The summed E-state index contributed by atoms with van der Waals surface area (Å²) in [4.78, 5) is 23.6. The molecular formula is C19H16FN3O4S. The molecule has 9 heteroatoms. The van der Waals surface area contributed by atoms with Crippen LogP contribution < -0.4 is 5.32 Å². The number of rotatable bonds is 6. The van der Waals surface area contributed by atoms with Gasteiger partial charge in [0.25, 0.3) is 5.22 Å². The molecule has 144 valence electrons. The molecule has 0 aliphatic rings. The van der Waals surface area contributed by atoms with Crippen LogP contribution in [0.3, 0.4) is 0 Å². The Balaban J connectivity index is 1.60. The molecular weight excluding hydrogens is 385 g/mol. The predicted octanol–water partition coefficient (Wildman–Crippen LogP) is 3.70. The monoisotopic (exact) mass is 401 g/mol. The maximum Gasteiger partial charge on any atom is 0.340 e. The van der Waals surface area contributed by atoms with Gasteiger partial charge >= 0.3 is 5.97 Å². The minimum atomic E-state index is -0.822. The molecule has 3 aromatic rings. The lowest BCUT2D eigenvalue weighted by Gasteiger charge is -2.07. The number of aryl methyl sites for hydroxylation is 1. The van der Waals surface area contributed by atoms with E-state index >= 15 is 0 Å². The number of benzene rings is 2. The van der Waals surface area contributed by atoms with Crippen molar-refractivity contribution in [3.05, 3.63) is 59.4 Å². The van der Waals surface area contributed by atoms with Crippen molar-refractivity contribution in [1.82, 2.24) is 10.2 Å². The fourth-order valence-electron chi connectivity index (χ4n) is 2.36. The zero-order chi connectivity index (χ0) is 20.1. The van der Waals surface area contributed by atoms with Crippen LogP contribution in [0.1, 0.15) is 15.9 Å². The molecule has 2 aromatic carbocycles. The number of hydrogen-bond donors (Lipinski definition) is 1. The fraction of sp³-hybridized carbons (Fsp3) is 0.158. The van der Waals surface area contributed by atoms with Crippen LogP contribution in [-0.4, -0.2) is 34.9 Å². The lowest BCUT2D eigenvalue weighted by Crippen LogP contribution is -2.15. The van der Waals surface area contributed by atoms with Crippen molar-refractivity contribution in [3.8, 4) is 11.5 Å². The largest absolute Gasteiger partial charge is 0.465 e. The van der Waals surface area contributed by atoms with E-state index in [2.05, 4.69) is 20.3 Å². The summed E-state index contributed by atoms with van der Waals surface area (Å²) < 4.78 is 23.7. The van der Waals surface area contributed by atoms with Gasteiger partial charge in [0.2, 0.25) is 11.8 Å². The molecule has 3 rings (SSSR count). The van der Waals surface area contributed by atoms with Crippen molar-refractivity contribution in [3.63, 3.8) is 0 Å². The Morgan fingerprint density at radius 1 is 1.21 bits per heavy atom. The summed E-state index contributed by atoms with van der Waals surface area (Å²) in [6.07, 6.45) is 0. The standard InChI is InChI=1S/C19H16FN3O4S/c1-11-4-3-5-12(8-11)17-22-23-19(27-17)28-10-16(24)21-13-6-7-15(20)14(9-13)18(25)26-2/h3-9H,10H2,1-2H3,(H,21,24). The predicted molar refractivity (Wildman–Crippen MR) is 102 cm³/mol. The van der Waals surface area contributed by atoms with Crippen LogP contribution in [-0.2, 0) is 9.53 Å². The molecule has 0 aliphatic heterocycles. The second-order valence-electron chi connectivity index (χ2n) is 5.77. The highest BCUT2D eigenvalue weighted by Crippen LogP contribution is 2.24. The second kappa shape index (κ2) is 8.66. The van der Waals surface area contributed by atoms with Crippen LogP contribution >= 0.6 is 11.8 Å². The minimum Gasteiger partial charge on any atom is -0.465 e. The van der Waals surface area contributed by atoms with Gasteiger partial charge in [0, 0.05) is 11.3 Å². The van der Waals surface area contributed by atoms with E-state index < -0.39 is 11.8 Å². The van der Waals surface area contributed by atoms with Gasteiger partial charge in [0.1, 0.15) is 5.82 Å². The number of amides is 1. The third kappa shape index (κ3) is 4.74. The van der Waals surface area contributed by atoms with Gasteiger partial charge < -0.3 is 14.5 Å². The number of ether oxygens (including phenoxy) is 1. The number of hydrogen-bond acceptors (Lipinski definition) is 7. The molecule has 1 aromatic heterocycles. The molecule has 7 nitrogen and oxygen atoms in total. The van der Waals surface area contributed by atoms with Crippen LogP contribution in [0.5, 0.6) is 0 Å². The molecule has 1 amide bonds. The number of aromatic nitrogens is 2. The molecule has 1 heterocycles. The molecule has 28 heavy (non-hydrogen) atoms. The summed E-state index contributed by atoms with van der Waals surface area (Å²) in [5.74, 6) is -1.55. The normalized spacial score (nSPS) is 10.5. The zero-order valence-corrected chi connectivity index (χ0v) is 15.9. The Labute approximate surface area is 164 Å². The van der Waals surface area contributed by atoms with Crippen molar-refractivity contribution in [2.45, 2.75) is 12.1 Å². The molecule has 0 unspecified atom stereocenters. The Bertz CT molecular complexity index is 1020. The van der Waals surface area contributed by atoms with E-state index in [1.165, 1.54) is 12.1 Å². The summed E-state index contributed by atoms with van der Waals surface area (Å²) >= 11 is 1.07. The Kier molecular flexibility index (Phi) is 6.05. The number of carbonyl (C=O) groups is 2. The van der Waals surface area contributed by atoms with E-state index in [0.717, 1.165) is 36.1 Å². The van der Waals surface area contributed by atoms with Crippen molar-refractivity contribution >= 4 is 29.3 Å². The third-order valence-electron chi connectivity index (χ3n) is 3.65. The highest BCUT2D eigenvalue weighted by molar-refractivity contribution is 7.99. The third-order valence-corrected chi connectivity index (χ3v) is 4.47. The Hall–Kier alpha value is -3.20. The van der Waals surface area contributed by atoms with Crippen LogP contribution in [0.2, 0.25) is 0 Å². The number of anilines is 1. The first kappa shape index (κ1) is 19.6. The number of nitrogens with one attached hydrogen (secondary N) is 1. The van der Waals surface area contributed by atoms with E-state index in [1.807, 2.05) is 31.2 Å². The maximum absolute atomic E-state index is 13.6. The van der Waals surface area contributed by atoms with Crippen molar-refractivity contribution in [2.24, 2.45) is 0 Å². The molecule has 0 radical (unpaired) electrons. The number of nitrogens with zero attached hydrogens (tertiary/aromatic N) is 2. The first-order chi connectivity index (χ1) is 13.5. The molecule has 0 saturated carbocycles. The number of carbonyl (C=O) groups excluding carboxylic acids is 2. The van der Waals surface area contributed by atoms with Gasteiger partial charge in [0.15, 0.2) is 0 Å². The summed E-state index contributed by atoms with van der Waals surface area (Å²) in [6.45, 7) is 1.96. The lowest BCUT2D eigenvalue weighted by atomic mass is 10.1. The van der Waals surface area contributed by atoms with Crippen molar-refractivity contribution in [2.75, 3.05) is 18.2 Å². The van der Waals surface area contributed by atoms with Crippen LogP contribution in [0.15, 0.2) is 52.1 Å². The number of methoxy groups -OCH3 is 1. The SMILES string of the molecule is COC(=O)c1cc(NC(=O)CSc2nnc(-c3cccc(C)c3)o2)ccc1F. The summed E-state index contributed by atoms with van der Waals surface area (Å²) in [6, 6.07) is 11.3. The molecule has 0 aliphatic carbocycles. The second-order valence-corrected chi connectivity index (χ2v) is 6.69. The average molecular weight is 401 g/mol. The van der Waals surface area contributed by atoms with Gasteiger partial charge in [-0.15, -0.1) is 10.2 Å². The molecule has 0 saturated heterocycles. The number of thioether (sulfide) groups is 1. The van der Waals surface area contributed by atoms with Crippen LogP contribution in [0.25, 0.3) is 11.5 Å². The summed E-state index contributed by atoms with van der Waals surface area (Å²) in [5.41, 5.74) is 1.88. The molecule has 0 fully saturated rings. The smallest absolute Gasteiger partial charge is 0.340 e. The van der Waals surface area contributed by atoms with Gasteiger partial charge in [-0.05, 0) is 37.3 Å². The highest BCUT2D eigenvalue weighted by atomic mass is 32.2. The van der Waals surface area contributed by atoms with Crippen molar-refractivity contribution < 1.29 is 23.1 Å². The van der Waals surface area contributed by atoms with Crippen molar-refractivity contribution in [1.29, 1.82) is 0 Å². The van der Waals surface area contributed by atoms with E-state index in [-0.39, 0.29) is 28.1 Å². The summed E-state index contributed by atoms with van der Waals surface area (Å²) in [5, 5.41) is 10.7. The highest BCUT2D eigenvalue weighted by Gasteiger charge is 2.15. The molecule has 0 spiro atoms. The average Bonchev–Trinajstić information content (AvgIpc) is 3.16. The maximum atomic E-state index is 13.6. The van der Waals surface area contributed by atoms with Crippen LogP contribution in [0.4, 0.5) is 10.1 Å². The molecule has 0 atom stereocenters. The van der Waals surface area contributed by atoms with Gasteiger partial charge in [-0.1, -0.05) is 29.5 Å². The molecule has 1 N–H and O–H groups in total. The zero-order valence-electron chi connectivity index (χ0n) is 15.1. The fourth-order valence-corrected chi connectivity index (χ4v) is 2.92. The summed E-state index contributed by atoms with van der Waals surface area (Å²) in [7, 11) is 1.15. The Morgan fingerprint density at radius 2 is 2.04 bits per heavy atom. The first-order valence-corrected chi connectivity index (χ1v) is 9.16. The van der Waals surface area contributed by atoms with E-state index in [0.29, 0.717) is 5.89 Å². The minimum absolute atomic E-state index is 0.000382. The van der Waals surface area contributed by atoms with E-state index in [1.54, 1.807) is 0 Å². The quantitative estimate of drug-likeness (QED) is 0.497. The van der Waals surface area contributed by atoms with Gasteiger partial charge in [-0.3, -0.25) is 4.79 Å². The van der Waals surface area contributed by atoms with Gasteiger partial charge in [0.05, 0.1) is 18.4 Å².